The van der Waals surface area contributed by atoms with E-state index in [1.54, 1.807) is 37.7 Å². The van der Waals surface area contributed by atoms with Crippen LogP contribution in [0.1, 0.15) is 47.7 Å². The van der Waals surface area contributed by atoms with E-state index >= 15 is 0 Å². The van der Waals surface area contributed by atoms with Gasteiger partial charge in [0.1, 0.15) is 5.75 Å². The molecule has 6 nitrogen and oxygen atoms in total. The summed E-state index contributed by atoms with van der Waals surface area (Å²) in [6.07, 6.45) is 6.23. The SMILES string of the molecule is COc1ccc(Br)c(C(=O)NCCn2cnc(C3CCCC3)cc2=O)c1. The largest absolute Gasteiger partial charge is 0.497 e. The molecule has 7 heteroatoms. The van der Waals surface area contributed by atoms with Crippen LogP contribution < -0.4 is 15.6 Å². The van der Waals surface area contributed by atoms with Gasteiger partial charge in [0.05, 0.1) is 24.7 Å². The summed E-state index contributed by atoms with van der Waals surface area (Å²) in [5.74, 6) is 0.808. The summed E-state index contributed by atoms with van der Waals surface area (Å²) in [5.41, 5.74) is 1.32. The number of hydrogen-bond donors (Lipinski definition) is 1. The third-order valence-electron chi connectivity index (χ3n) is 4.73. The normalized spacial score (nSPS) is 14.4. The lowest BCUT2D eigenvalue weighted by Gasteiger charge is -2.11. The molecule has 2 aromatic rings. The van der Waals surface area contributed by atoms with E-state index in [9.17, 15) is 9.59 Å². The predicted octanol–water partition coefficient (Wildman–Crippen LogP) is 3.10. The molecule has 1 heterocycles. The van der Waals surface area contributed by atoms with Gasteiger partial charge in [0.15, 0.2) is 0 Å². The molecular formula is C19H22BrN3O3. The number of carbonyl (C=O) groups is 1. The number of methoxy groups -OCH3 is 1. The average Bonchev–Trinajstić information content (AvgIpc) is 3.18. The third-order valence-corrected chi connectivity index (χ3v) is 5.42. The van der Waals surface area contributed by atoms with Crippen molar-refractivity contribution in [2.45, 2.75) is 38.1 Å². The summed E-state index contributed by atoms with van der Waals surface area (Å²) in [7, 11) is 1.56. The first kappa shape index (κ1) is 18.6. The van der Waals surface area contributed by atoms with Crippen LogP contribution >= 0.6 is 15.9 Å². The molecule has 0 radical (unpaired) electrons. The molecule has 1 N–H and O–H groups in total. The van der Waals surface area contributed by atoms with Gasteiger partial charge in [-0.2, -0.15) is 0 Å². The van der Waals surface area contributed by atoms with Crippen LogP contribution in [0, 0.1) is 0 Å². The van der Waals surface area contributed by atoms with Gasteiger partial charge in [-0.1, -0.05) is 12.8 Å². The highest BCUT2D eigenvalue weighted by Gasteiger charge is 2.19. The zero-order valence-electron chi connectivity index (χ0n) is 14.7. The summed E-state index contributed by atoms with van der Waals surface area (Å²) >= 11 is 3.37. The summed E-state index contributed by atoms with van der Waals surface area (Å²) < 4.78 is 7.37. The Kier molecular flexibility index (Phi) is 6.08. The molecule has 26 heavy (non-hydrogen) atoms. The van der Waals surface area contributed by atoms with Gasteiger partial charge in [-0.05, 0) is 47.0 Å². The number of benzene rings is 1. The van der Waals surface area contributed by atoms with Gasteiger partial charge in [0.2, 0.25) is 0 Å². The first-order valence-corrected chi connectivity index (χ1v) is 9.56. The fourth-order valence-electron chi connectivity index (χ4n) is 3.24. The molecule has 0 bridgehead atoms. The van der Waals surface area contributed by atoms with Crippen molar-refractivity contribution in [3.8, 4) is 5.75 Å². The number of nitrogens with one attached hydrogen (secondary N) is 1. The zero-order chi connectivity index (χ0) is 18.5. The van der Waals surface area contributed by atoms with Crippen molar-refractivity contribution in [1.82, 2.24) is 14.9 Å². The van der Waals surface area contributed by atoms with Gasteiger partial charge in [-0.25, -0.2) is 4.98 Å². The van der Waals surface area contributed by atoms with Gasteiger partial charge < -0.3 is 10.1 Å². The highest BCUT2D eigenvalue weighted by atomic mass is 79.9. The van der Waals surface area contributed by atoms with Crippen LogP contribution in [0.25, 0.3) is 0 Å². The van der Waals surface area contributed by atoms with Crippen molar-refractivity contribution in [3.63, 3.8) is 0 Å². The number of carbonyl (C=O) groups excluding carboxylic acids is 1. The smallest absolute Gasteiger partial charge is 0.253 e. The Morgan fingerprint density at radius 1 is 1.35 bits per heavy atom. The van der Waals surface area contributed by atoms with Crippen molar-refractivity contribution in [2.24, 2.45) is 0 Å². The standard InChI is InChI=1S/C19H22BrN3O3/c1-26-14-6-7-16(20)15(10-14)19(25)21-8-9-23-12-22-17(11-18(23)24)13-4-2-3-5-13/h6-7,10-13H,2-5,8-9H2,1H3,(H,21,25). The van der Waals surface area contributed by atoms with E-state index in [0.717, 1.165) is 18.5 Å². The molecule has 0 spiro atoms. The number of nitrogens with zero attached hydrogens (tertiary/aromatic N) is 2. The Morgan fingerprint density at radius 3 is 2.81 bits per heavy atom. The maximum Gasteiger partial charge on any atom is 0.253 e. The molecule has 1 saturated carbocycles. The molecule has 1 amide bonds. The molecule has 1 fully saturated rings. The molecule has 0 saturated heterocycles. The van der Waals surface area contributed by atoms with Crippen LogP contribution in [0.4, 0.5) is 0 Å². The number of hydrogen-bond acceptors (Lipinski definition) is 4. The molecule has 1 aromatic heterocycles. The van der Waals surface area contributed by atoms with Gasteiger partial charge >= 0.3 is 0 Å². The molecule has 3 rings (SSSR count). The first-order chi connectivity index (χ1) is 12.6. The predicted molar refractivity (Wildman–Crippen MR) is 103 cm³/mol. The number of halogens is 1. The topological polar surface area (TPSA) is 73.2 Å². The lowest BCUT2D eigenvalue weighted by Crippen LogP contribution is -2.31. The summed E-state index contributed by atoms with van der Waals surface area (Å²) in [5, 5.41) is 2.82. The fraction of sp³-hybridized carbons (Fsp3) is 0.421. The summed E-state index contributed by atoms with van der Waals surface area (Å²) in [6, 6.07) is 6.85. The average molecular weight is 420 g/mol. The van der Waals surface area contributed by atoms with Gasteiger partial charge in [0, 0.05) is 29.5 Å². The Morgan fingerprint density at radius 2 is 2.12 bits per heavy atom. The van der Waals surface area contributed by atoms with Gasteiger partial charge in [0.25, 0.3) is 11.5 Å². The second kappa shape index (κ2) is 8.49. The minimum Gasteiger partial charge on any atom is -0.497 e. The van der Waals surface area contributed by atoms with E-state index in [1.165, 1.54) is 17.4 Å². The molecule has 1 aliphatic carbocycles. The Labute approximate surface area is 160 Å². The Bertz CT molecular complexity index is 844. The van der Waals surface area contributed by atoms with Crippen LogP contribution in [0.2, 0.25) is 0 Å². The number of rotatable bonds is 6. The Balaban J connectivity index is 1.59. The summed E-state index contributed by atoms with van der Waals surface area (Å²) in [4.78, 5) is 29.0. The van der Waals surface area contributed by atoms with Crippen LogP contribution in [0.15, 0.2) is 39.9 Å². The van der Waals surface area contributed by atoms with Crippen LogP contribution in [-0.4, -0.2) is 29.1 Å². The van der Waals surface area contributed by atoms with Crippen molar-refractivity contribution in [1.29, 1.82) is 0 Å². The maximum absolute atomic E-state index is 12.3. The van der Waals surface area contributed by atoms with E-state index in [2.05, 4.69) is 26.2 Å². The first-order valence-electron chi connectivity index (χ1n) is 8.76. The number of ether oxygens (including phenoxy) is 1. The van der Waals surface area contributed by atoms with Crippen molar-refractivity contribution < 1.29 is 9.53 Å². The van der Waals surface area contributed by atoms with Crippen LogP contribution in [-0.2, 0) is 6.54 Å². The number of amides is 1. The van der Waals surface area contributed by atoms with Crippen LogP contribution in [0.5, 0.6) is 5.75 Å². The quantitative estimate of drug-likeness (QED) is 0.780. The molecule has 1 aromatic carbocycles. The van der Waals surface area contributed by atoms with E-state index in [1.807, 2.05) is 0 Å². The molecule has 0 unspecified atom stereocenters. The van der Waals surface area contributed by atoms with E-state index < -0.39 is 0 Å². The second-order valence-corrected chi connectivity index (χ2v) is 7.28. The lowest BCUT2D eigenvalue weighted by atomic mass is 10.0. The maximum atomic E-state index is 12.3. The van der Waals surface area contributed by atoms with E-state index in [-0.39, 0.29) is 11.5 Å². The monoisotopic (exact) mass is 419 g/mol. The number of aromatic nitrogens is 2. The van der Waals surface area contributed by atoms with Gasteiger partial charge in [-0.15, -0.1) is 0 Å². The third kappa shape index (κ3) is 4.33. The summed E-state index contributed by atoms with van der Waals surface area (Å²) in [6.45, 7) is 0.719. The second-order valence-electron chi connectivity index (χ2n) is 6.43. The Hall–Kier alpha value is -2.15. The van der Waals surface area contributed by atoms with E-state index in [0.29, 0.717) is 34.8 Å². The molecular weight excluding hydrogens is 398 g/mol. The highest BCUT2D eigenvalue weighted by molar-refractivity contribution is 9.10. The molecule has 138 valence electrons. The van der Waals surface area contributed by atoms with Crippen molar-refractivity contribution >= 4 is 21.8 Å². The minimum atomic E-state index is -0.223. The van der Waals surface area contributed by atoms with Gasteiger partial charge in [-0.3, -0.25) is 14.2 Å². The molecule has 1 aliphatic rings. The fourth-order valence-corrected chi connectivity index (χ4v) is 3.67. The zero-order valence-corrected chi connectivity index (χ0v) is 16.3. The molecule has 0 aliphatic heterocycles. The highest BCUT2D eigenvalue weighted by Crippen LogP contribution is 2.32. The van der Waals surface area contributed by atoms with Crippen molar-refractivity contribution in [3.05, 3.63) is 56.7 Å². The minimum absolute atomic E-state index is 0.0706. The van der Waals surface area contributed by atoms with Crippen LogP contribution in [0.3, 0.4) is 0 Å². The molecule has 0 atom stereocenters. The van der Waals surface area contributed by atoms with E-state index in [4.69, 9.17) is 4.74 Å². The van der Waals surface area contributed by atoms with Crippen molar-refractivity contribution in [2.75, 3.05) is 13.7 Å². The lowest BCUT2D eigenvalue weighted by molar-refractivity contribution is 0.0951.